The lowest BCUT2D eigenvalue weighted by Gasteiger charge is -2.18. The third-order valence-corrected chi connectivity index (χ3v) is 3.18. The lowest BCUT2D eigenvalue weighted by atomic mass is 10.0. The molecule has 96 valence electrons. The first kappa shape index (κ1) is 13.3. The van der Waals surface area contributed by atoms with Gasteiger partial charge in [-0.15, -0.1) is 0 Å². The van der Waals surface area contributed by atoms with Crippen molar-refractivity contribution in [2.45, 2.75) is 19.4 Å². The van der Waals surface area contributed by atoms with Crippen molar-refractivity contribution in [1.82, 2.24) is 20.7 Å². The highest BCUT2D eigenvalue weighted by Gasteiger charge is 2.19. The van der Waals surface area contributed by atoms with Crippen LogP contribution in [0.25, 0.3) is 0 Å². The van der Waals surface area contributed by atoms with Crippen molar-refractivity contribution in [2.24, 2.45) is 0 Å². The monoisotopic (exact) mass is 284 g/mol. The Hall–Kier alpha value is -1.10. The lowest BCUT2D eigenvalue weighted by molar-refractivity contribution is 0.585. The summed E-state index contributed by atoms with van der Waals surface area (Å²) in [6.45, 7) is 2.97. The topological polar surface area (TPSA) is 53.6 Å². The maximum atomic E-state index is 6.23. The summed E-state index contributed by atoms with van der Waals surface area (Å²) in [5.74, 6) is 0. The van der Waals surface area contributed by atoms with E-state index in [2.05, 4.69) is 27.7 Å². The molecule has 0 amide bonds. The minimum Gasteiger partial charge on any atom is -0.305 e. The fourth-order valence-corrected chi connectivity index (χ4v) is 2.16. The molecule has 0 bridgehead atoms. The Labute approximate surface area is 116 Å². The maximum Gasteiger partial charge on any atom is 0.104 e. The number of benzene rings is 1. The van der Waals surface area contributed by atoms with E-state index in [4.69, 9.17) is 23.2 Å². The van der Waals surface area contributed by atoms with Crippen LogP contribution in [0.4, 0.5) is 0 Å². The van der Waals surface area contributed by atoms with E-state index in [-0.39, 0.29) is 6.04 Å². The standard InChI is InChI=1S/C12H14Cl2N4/c1-2-5-15-12(11-7-16-18-17-11)9-6-8(13)3-4-10(9)14/h3-4,6-7,12,15H,2,5H2,1H3,(H,16,17,18). The van der Waals surface area contributed by atoms with Gasteiger partial charge in [0.05, 0.1) is 12.2 Å². The first-order chi connectivity index (χ1) is 8.72. The highest BCUT2D eigenvalue weighted by atomic mass is 35.5. The van der Waals surface area contributed by atoms with E-state index in [9.17, 15) is 0 Å². The molecule has 2 aromatic rings. The van der Waals surface area contributed by atoms with E-state index in [1.165, 1.54) is 0 Å². The van der Waals surface area contributed by atoms with Crippen molar-refractivity contribution < 1.29 is 0 Å². The summed E-state index contributed by atoms with van der Waals surface area (Å²) in [4.78, 5) is 0. The molecule has 0 aliphatic carbocycles. The van der Waals surface area contributed by atoms with Crippen molar-refractivity contribution >= 4 is 23.2 Å². The molecule has 4 nitrogen and oxygen atoms in total. The van der Waals surface area contributed by atoms with Crippen molar-refractivity contribution in [3.05, 3.63) is 45.7 Å². The number of halogens is 2. The first-order valence-corrected chi connectivity index (χ1v) is 6.52. The molecule has 2 N–H and O–H groups in total. The molecule has 6 heteroatoms. The van der Waals surface area contributed by atoms with Crippen molar-refractivity contribution in [1.29, 1.82) is 0 Å². The Bertz CT molecular complexity index is 499. The van der Waals surface area contributed by atoms with Gasteiger partial charge in [-0.2, -0.15) is 15.4 Å². The van der Waals surface area contributed by atoms with Crippen LogP contribution in [-0.4, -0.2) is 22.0 Å². The van der Waals surface area contributed by atoms with Gasteiger partial charge in [0.25, 0.3) is 0 Å². The van der Waals surface area contributed by atoms with Crippen LogP contribution in [0.1, 0.15) is 30.6 Å². The highest BCUT2D eigenvalue weighted by molar-refractivity contribution is 6.33. The lowest BCUT2D eigenvalue weighted by Crippen LogP contribution is -2.23. The minimum absolute atomic E-state index is 0.102. The van der Waals surface area contributed by atoms with E-state index >= 15 is 0 Å². The van der Waals surface area contributed by atoms with E-state index in [1.807, 2.05) is 6.07 Å². The number of H-pyrrole nitrogens is 1. The molecule has 2 rings (SSSR count). The summed E-state index contributed by atoms with van der Waals surface area (Å²) in [6.07, 6.45) is 2.71. The van der Waals surface area contributed by atoms with Crippen molar-refractivity contribution in [3.8, 4) is 0 Å². The van der Waals surface area contributed by atoms with Gasteiger partial charge in [0.15, 0.2) is 0 Å². The zero-order valence-electron chi connectivity index (χ0n) is 9.95. The van der Waals surface area contributed by atoms with E-state index in [0.29, 0.717) is 10.0 Å². The van der Waals surface area contributed by atoms with Gasteiger partial charge in [-0.3, -0.25) is 0 Å². The number of nitrogens with zero attached hydrogens (tertiary/aromatic N) is 2. The number of hydrogen-bond acceptors (Lipinski definition) is 3. The minimum atomic E-state index is -0.102. The predicted molar refractivity (Wildman–Crippen MR) is 73.0 cm³/mol. The zero-order valence-corrected chi connectivity index (χ0v) is 11.5. The Morgan fingerprint density at radius 1 is 1.39 bits per heavy atom. The largest absolute Gasteiger partial charge is 0.305 e. The van der Waals surface area contributed by atoms with Crippen LogP contribution >= 0.6 is 23.2 Å². The molecule has 1 aromatic heterocycles. The average Bonchev–Trinajstić information content (AvgIpc) is 2.88. The van der Waals surface area contributed by atoms with Gasteiger partial charge in [-0.05, 0) is 36.7 Å². The van der Waals surface area contributed by atoms with E-state index in [0.717, 1.165) is 24.2 Å². The fourth-order valence-electron chi connectivity index (χ4n) is 1.75. The van der Waals surface area contributed by atoms with Crippen LogP contribution < -0.4 is 5.32 Å². The molecule has 0 saturated carbocycles. The molecule has 0 spiro atoms. The summed E-state index contributed by atoms with van der Waals surface area (Å²) in [5.41, 5.74) is 1.71. The normalized spacial score (nSPS) is 12.6. The van der Waals surface area contributed by atoms with Crippen LogP contribution in [0, 0.1) is 0 Å². The number of aromatic amines is 1. The molecule has 1 atom stereocenters. The quantitative estimate of drug-likeness (QED) is 0.887. The van der Waals surface area contributed by atoms with Gasteiger partial charge in [0, 0.05) is 10.0 Å². The molecule has 0 aliphatic rings. The zero-order chi connectivity index (χ0) is 13.0. The van der Waals surface area contributed by atoms with Crippen LogP contribution in [0.3, 0.4) is 0 Å². The molecule has 1 heterocycles. The molecule has 0 radical (unpaired) electrons. The predicted octanol–water partition coefficient (Wildman–Crippen LogP) is 3.20. The van der Waals surface area contributed by atoms with E-state index in [1.54, 1.807) is 18.3 Å². The van der Waals surface area contributed by atoms with Gasteiger partial charge in [0.1, 0.15) is 5.69 Å². The molecule has 0 aliphatic heterocycles. The molecule has 18 heavy (non-hydrogen) atoms. The van der Waals surface area contributed by atoms with Crippen molar-refractivity contribution in [2.75, 3.05) is 6.54 Å². The van der Waals surface area contributed by atoms with Gasteiger partial charge in [0.2, 0.25) is 0 Å². The Kier molecular flexibility index (Phi) is 4.58. The molecule has 1 aromatic carbocycles. The second-order valence-corrected chi connectivity index (χ2v) is 4.79. The smallest absolute Gasteiger partial charge is 0.104 e. The number of aromatic nitrogens is 3. The Morgan fingerprint density at radius 2 is 2.22 bits per heavy atom. The molecule has 0 fully saturated rings. The van der Waals surface area contributed by atoms with Gasteiger partial charge in [-0.25, -0.2) is 0 Å². The summed E-state index contributed by atoms with van der Waals surface area (Å²) < 4.78 is 0. The van der Waals surface area contributed by atoms with Gasteiger partial charge >= 0.3 is 0 Å². The van der Waals surface area contributed by atoms with Crippen LogP contribution in [0.15, 0.2) is 24.4 Å². The Morgan fingerprint density at radius 3 is 2.89 bits per heavy atom. The second-order valence-electron chi connectivity index (χ2n) is 3.95. The Balaban J connectivity index is 2.36. The molecule has 1 unspecified atom stereocenters. The van der Waals surface area contributed by atoms with Crippen LogP contribution in [0.2, 0.25) is 10.0 Å². The number of hydrogen-bond donors (Lipinski definition) is 2. The third-order valence-electron chi connectivity index (χ3n) is 2.60. The van der Waals surface area contributed by atoms with E-state index < -0.39 is 0 Å². The summed E-state index contributed by atoms with van der Waals surface area (Å²) >= 11 is 12.3. The maximum absolute atomic E-state index is 6.23. The van der Waals surface area contributed by atoms with Crippen LogP contribution in [-0.2, 0) is 0 Å². The van der Waals surface area contributed by atoms with Crippen molar-refractivity contribution in [3.63, 3.8) is 0 Å². The van der Waals surface area contributed by atoms with Gasteiger partial charge in [-0.1, -0.05) is 30.1 Å². The summed E-state index contributed by atoms with van der Waals surface area (Å²) in [6, 6.07) is 5.31. The summed E-state index contributed by atoms with van der Waals surface area (Å²) in [5, 5.41) is 15.3. The van der Waals surface area contributed by atoms with Gasteiger partial charge < -0.3 is 5.32 Å². The number of rotatable bonds is 5. The molecular formula is C12H14Cl2N4. The summed E-state index contributed by atoms with van der Waals surface area (Å²) in [7, 11) is 0. The average molecular weight is 285 g/mol. The fraction of sp³-hybridized carbons (Fsp3) is 0.333. The number of nitrogens with one attached hydrogen (secondary N) is 2. The SMILES string of the molecule is CCCNC(c1cn[nH]n1)c1cc(Cl)ccc1Cl. The molecule has 0 saturated heterocycles. The molecular weight excluding hydrogens is 271 g/mol. The third kappa shape index (κ3) is 3.02. The second kappa shape index (κ2) is 6.18. The highest BCUT2D eigenvalue weighted by Crippen LogP contribution is 2.29. The first-order valence-electron chi connectivity index (χ1n) is 5.76. The van der Waals surface area contributed by atoms with Crippen LogP contribution in [0.5, 0.6) is 0 Å².